The zero-order chi connectivity index (χ0) is 11.9. The Labute approximate surface area is 104 Å². The van der Waals surface area contributed by atoms with E-state index in [1.807, 2.05) is 0 Å². The molecule has 0 saturated carbocycles. The van der Waals surface area contributed by atoms with Crippen molar-refractivity contribution in [3.63, 3.8) is 0 Å². The monoisotopic (exact) mass is 230 g/mol. The molecule has 0 bridgehead atoms. The van der Waals surface area contributed by atoms with Gasteiger partial charge in [0, 0.05) is 0 Å². The summed E-state index contributed by atoms with van der Waals surface area (Å²) in [7, 11) is 0. The van der Waals surface area contributed by atoms with Crippen LogP contribution in [0.5, 0.6) is 0 Å². The first-order valence-electron chi connectivity index (χ1n) is 6.58. The number of nitrogens with one attached hydrogen (secondary N) is 1. The lowest BCUT2D eigenvalue weighted by molar-refractivity contribution is 0.622. The fraction of sp³-hybridized carbons (Fsp3) is 0.467. The quantitative estimate of drug-likeness (QED) is 0.442. The van der Waals surface area contributed by atoms with Gasteiger partial charge in [-0.3, -0.25) is 5.84 Å². The van der Waals surface area contributed by atoms with Crippen LogP contribution in [0, 0.1) is 5.92 Å². The van der Waals surface area contributed by atoms with E-state index in [-0.39, 0.29) is 6.04 Å². The van der Waals surface area contributed by atoms with Crippen molar-refractivity contribution >= 4 is 0 Å². The van der Waals surface area contributed by atoms with Crippen LogP contribution < -0.4 is 11.3 Å². The Hall–Kier alpha value is -1.12. The summed E-state index contributed by atoms with van der Waals surface area (Å²) in [5.41, 5.74) is 4.17. The Morgan fingerprint density at radius 1 is 1.29 bits per heavy atom. The standard InChI is InChI=1S/C15H22N2/c16-17-15(14-9-5-2-6-10-14)12-11-13-7-3-1-4-8-13/h3,5,7,9-13,15,17H,1-2,4,6,8,16H2/b12-11+. The van der Waals surface area contributed by atoms with E-state index in [9.17, 15) is 0 Å². The van der Waals surface area contributed by atoms with E-state index in [0.717, 1.165) is 12.8 Å². The molecule has 2 heteroatoms. The summed E-state index contributed by atoms with van der Waals surface area (Å²) in [4.78, 5) is 0. The Morgan fingerprint density at radius 3 is 2.88 bits per heavy atom. The molecule has 0 fully saturated rings. The Balaban J connectivity index is 1.96. The molecule has 17 heavy (non-hydrogen) atoms. The number of rotatable bonds is 4. The second-order valence-corrected chi connectivity index (χ2v) is 4.74. The van der Waals surface area contributed by atoms with Crippen LogP contribution in [0.4, 0.5) is 0 Å². The van der Waals surface area contributed by atoms with Gasteiger partial charge in [-0.05, 0) is 43.6 Å². The van der Waals surface area contributed by atoms with Gasteiger partial charge < -0.3 is 0 Å². The van der Waals surface area contributed by atoms with Gasteiger partial charge in [-0.15, -0.1) is 0 Å². The molecule has 2 aliphatic rings. The molecule has 0 amide bonds. The van der Waals surface area contributed by atoms with Crippen LogP contribution in [0.25, 0.3) is 0 Å². The normalized spacial score (nSPS) is 26.2. The number of allylic oxidation sites excluding steroid dienone is 5. The summed E-state index contributed by atoms with van der Waals surface area (Å²) >= 11 is 0. The maximum atomic E-state index is 5.63. The highest BCUT2D eigenvalue weighted by Gasteiger charge is 2.10. The summed E-state index contributed by atoms with van der Waals surface area (Å²) in [5, 5.41) is 0. The van der Waals surface area contributed by atoms with Crippen LogP contribution in [-0.4, -0.2) is 6.04 Å². The largest absolute Gasteiger partial charge is 0.271 e. The van der Waals surface area contributed by atoms with Crippen LogP contribution in [0.1, 0.15) is 32.1 Å². The molecular weight excluding hydrogens is 208 g/mol. The van der Waals surface area contributed by atoms with Crippen LogP contribution in [0.3, 0.4) is 0 Å². The first kappa shape index (κ1) is 12.3. The van der Waals surface area contributed by atoms with Crippen LogP contribution in [0.2, 0.25) is 0 Å². The average Bonchev–Trinajstić information content (AvgIpc) is 2.42. The van der Waals surface area contributed by atoms with Crippen LogP contribution >= 0.6 is 0 Å². The van der Waals surface area contributed by atoms with Crippen molar-refractivity contribution in [3.8, 4) is 0 Å². The van der Waals surface area contributed by atoms with Gasteiger partial charge in [-0.1, -0.05) is 42.5 Å². The van der Waals surface area contributed by atoms with Crippen molar-refractivity contribution in [1.29, 1.82) is 0 Å². The van der Waals surface area contributed by atoms with Gasteiger partial charge in [-0.2, -0.15) is 0 Å². The lowest BCUT2D eigenvalue weighted by atomic mass is 9.93. The van der Waals surface area contributed by atoms with E-state index in [4.69, 9.17) is 5.84 Å². The minimum absolute atomic E-state index is 0.155. The molecule has 3 N–H and O–H groups in total. The minimum Gasteiger partial charge on any atom is -0.271 e. The third kappa shape index (κ3) is 3.69. The van der Waals surface area contributed by atoms with Crippen molar-refractivity contribution in [2.45, 2.75) is 38.1 Å². The molecule has 0 spiro atoms. The number of hydrogen-bond donors (Lipinski definition) is 2. The minimum atomic E-state index is 0.155. The Morgan fingerprint density at radius 2 is 2.24 bits per heavy atom. The molecule has 0 aromatic rings. The van der Waals surface area contributed by atoms with Crippen molar-refractivity contribution in [2.75, 3.05) is 0 Å². The van der Waals surface area contributed by atoms with Crippen molar-refractivity contribution < 1.29 is 0 Å². The Kier molecular flexibility index (Phi) is 4.77. The molecule has 92 valence electrons. The van der Waals surface area contributed by atoms with Gasteiger partial charge in [0.2, 0.25) is 0 Å². The van der Waals surface area contributed by atoms with Gasteiger partial charge in [0.1, 0.15) is 0 Å². The predicted molar refractivity (Wildman–Crippen MR) is 73.2 cm³/mol. The maximum Gasteiger partial charge on any atom is 0.0637 e. The van der Waals surface area contributed by atoms with E-state index in [2.05, 4.69) is 48.0 Å². The molecule has 0 radical (unpaired) electrons. The van der Waals surface area contributed by atoms with E-state index in [0.29, 0.717) is 5.92 Å². The van der Waals surface area contributed by atoms with Gasteiger partial charge in [0.15, 0.2) is 0 Å². The lowest BCUT2D eigenvalue weighted by Crippen LogP contribution is -2.35. The summed E-state index contributed by atoms with van der Waals surface area (Å²) in [6.45, 7) is 0. The zero-order valence-electron chi connectivity index (χ0n) is 10.3. The number of hydrazine groups is 1. The summed E-state index contributed by atoms with van der Waals surface area (Å²) < 4.78 is 0. The van der Waals surface area contributed by atoms with Crippen molar-refractivity contribution in [3.05, 3.63) is 48.1 Å². The summed E-state index contributed by atoms with van der Waals surface area (Å²) in [5.74, 6) is 6.22. The van der Waals surface area contributed by atoms with Crippen LogP contribution in [-0.2, 0) is 0 Å². The fourth-order valence-electron chi connectivity index (χ4n) is 2.38. The average molecular weight is 230 g/mol. The van der Waals surface area contributed by atoms with Gasteiger partial charge >= 0.3 is 0 Å². The number of nitrogens with two attached hydrogens (primary N) is 1. The van der Waals surface area contributed by atoms with Gasteiger partial charge in [0.05, 0.1) is 6.04 Å². The number of hydrogen-bond acceptors (Lipinski definition) is 2. The molecule has 2 aliphatic carbocycles. The highest BCUT2D eigenvalue weighted by molar-refractivity contribution is 5.31. The maximum absolute atomic E-state index is 5.63. The molecule has 2 atom stereocenters. The van der Waals surface area contributed by atoms with E-state index in [1.165, 1.54) is 24.8 Å². The smallest absolute Gasteiger partial charge is 0.0637 e. The second-order valence-electron chi connectivity index (χ2n) is 4.74. The van der Waals surface area contributed by atoms with Gasteiger partial charge in [-0.25, -0.2) is 5.43 Å². The highest BCUT2D eigenvalue weighted by Crippen LogP contribution is 2.20. The zero-order valence-corrected chi connectivity index (χ0v) is 10.3. The molecule has 0 heterocycles. The molecule has 0 saturated heterocycles. The molecule has 2 nitrogen and oxygen atoms in total. The first-order chi connectivity index (χ1) is 8.40. The van der Waals surface area contributed by atoms with E-state index < -0.39 is 0 Å². The fourth-order valence-corrected chi connectivity index (χ4v) is 2.38. The van der Waals surface area contributed by atoms with Gasteiger partial charge in [0.25, 0.3) is 0 Å². The van der Waals surface area contributed by atoms with E-state index in [1.54, 1.807) is 0 Å². The Bertz CT molecular complexity index is 350. The van der Waals surface area contributed by atoms with Crippen LogP contribution in [0.15, 0.2) is 48.1 Å². The third-order valence-electron chi connectivity index (χ3n) is 3.40. The lowest BCUT2D eigenvalue weighted by Gasteiger charge is -2.17. The van der Waals surface area contributed by atoms with Crippen molar-refractivity contribution in [2.24, 2.45) is 11.8 Å². The third-order valence-corrected chi connectivity index (χ3v) is 3.40. The summed E-state index contributed by atoms with van der Waals surface area (Å²) in [6.07, 6.45) is 21.8. The molecular formula is C15H22N2. The SMILES string of the molecule is NNC(/C=C/C1C=CCCC1)C1=CCCC=C1. The van der Waals surface area contributed by atoms with Crippen molar-refractivity contribution in [1.82, 2.24) is 5.43 Å². The molecule has 2 unspecified atom stereocenters. The predicted octanol–water partition coefficient (Wildman–Crippen LogP) is 3.01. The summed E-state index contributed by atoms with van der Waals surface area (Å²) in [6, 6.07) is 0.155. The molecule has 0 aromatic carbocycles. The first-order valence-corrected chi connectivity index (χ1v) is 6.58. The molecule has 0 aromatic heterocycles. The van der Waals surface area contributed by atoms with E-state index >= 15 is 0 Å². The molecule has 0 aliphatic heterocycles. The topological polar surface area (TPSA) is 38.0 Å². The highest BCUT2D eigenvalue weighted by atomic mass is 15.2. The molecule has 2 rings (SSSR count). The second kappa shape index (κ2) is 6.58.